The number of nitrogens with zero attached hydrogens (tertiary/aromatic N) is 4. The van der Waals surface area contributed by atoms with Crippen LogP contribution >= 0.6 is 0 Å². The standard InChI is InChI=1S/C15H24N6O2/c1-9(7-12-10(2)20-23-11(12)3)17-14(22)18-13-16-8-21(19-13)15(4,5)6/h8-9H,7H2,1-6H3,(H2,17,18,19,22). The molecule has 2 heterocycles. The van der Waals surface area contributed by atoms with E-state index in [1.165, 1.54) is 0 Å². The lowest BCUT2D eigenvalue weighted by atomic mass is 10.1. The zero-order valence-electron chi connectivity index (χ0n) is 14.5. The second-order valence-electron chi connectivity index (χ2n) is 6.69. The fourth-order valence-electron chi connectivity index (χ4n) is 2.16. The Labute approximate surface area is 135 Å². The third kappa shape index (κ3) is 4.30. The van der Waals surface area contributed by atoms with Crippen LogP contribution in [0.4, 0.5) is 10.7 Å². The first-order chi connectivity index (χ1) is 10.7. The first kappa shape index (κ1) is 17.0. The average Bonchev–Trinajstić information content (AvgIpc) is 3.00. The van der Waals surface area contributed by atoms with Crippen molar-refractivity contribution in [1.29, 1.82) is 0 Å². The molecular weight excluding hydrogens is 296 g/mol. The molecule has 0 fully saturated rings. The van der Waals surface area contributed by atoms with Crippen molar-refractivity contribution in [3.8, 4) is 0 Å². The van der Waals surface area contributed by atoms with Gasteiger partial charge in [0.15, 0.2) is 0 Å². The minimum atomic E-state index is -0.337. The Morgan fingerprint density at radius 1 is 1.39 bits per heavy atom. The summed E-state index contributed by atoms with van der Waals surface area (Å²) in [5, 5.41) is 13.7. The van der Waals surface area contributed by atoms with E-state index in [1.807, 2.05) is 41.5 Å². The lowest BCUT2D eigenvalue weighted by Gasteiger charge is -2.17. The predicted molar refractivity (Wildman–Crippen MR) is 86.3 cm³/mol. The van der Waals surface area contributed by atoms with Crippen LogP contribution in [0.25, 0.3) is 0 Å². The summed E-state index contributed by atoms with van der Waals surface area (Å²) >= 11 is 0. The highest BCUT2D eigenvalue weighted by atomic mass is 16.5. The largest absolute Gasteiger partial charge is 0.361 e. The highest BCUT2D eigenvalue weighted by Crippen LogP contribution is 2.15. The van der Waals surface area contributed by atoms with Crippen LogP contribution in [0.15, 0.2) is 10.9 Å². The summed E-state index contributed by atoms with van der Waals surface area (Å²) in [5.74, 6) is 1.06. The summed E-state index contributed by atoms with van der Waals surface area (Å²) < 4.78 is 6.83. The molecule has 126 valence electrons. The average molecular weight is 320 g/mol. The molecule has 2 aromatic rings. The van der Waals surface area contributed by atoms with Gasteiger partial charge in [-0.1, -0.05) is 5.16 Å². The summed E-state index contributed by atoms with van der Waals surface area (Å²) in [7, 11) is 0. The van der Waals surface area contributed by atoms with Gasteiger partial charge in [0.1, 0.15) is 12.1 Å². The van der Waals surface area contributed by atoms with Gasteiger partial charge in [-0.05, 0) is 48.0 Å². The number of carbonyl (C=O) groups is 1. The predicted octanol–water partition coefficient (Wildman–Crippen LogP) is 2.39. The van der Waals surface area contributed by atoms with Crippen molar-refractivity contribution in [2.75, 3.05) is 5.32 Å². The van der Waals surface area contributed by atoms with E-state index >= 15 is 0 Å². The van der Waals surface area contributed by atoms with Crippen LogP contribution in [0.1, 0.15) is 44.7 Å². The molecular formula is C15H24N6O2. The van der Waals surface area contributed by atoms with E-state index in [9.17, 15) is 4.79 Å². The van der Waals surface area contributed by atoms with E-state index in [4.69, 9.17) is 4.52 Å². The van der Waals surface area contributed by atoms with Gasteiger partial charge in [-0.25, -0.2) is 14.5 Å². The Kier molecular flexibility index (Phi) is 4.72. The topological polar surface area (TPSA) is 97.9 Å². The summed E-state index contributed by atoms with van der Waals surface area (Å²) in [6.45, 7) is 11.7. The highest BCUT2D eigenvalue weighted by Gasteiger charge is 2.17. The zero-order chi connectivity index (χ0) is 17.2. The molecule has 2 amide bonds. The van der Waals surface area contributed by atoms with Gasteiger partial charge < -0.3 is 9.84 Å². The van der Waals surface area contributed by atoms with Gasteiger partial charge in [0.2, 0.25) is 5.95 Å². The van der Waals surface area contributed by atoms with Gasteiger partial charge in [0.05, 0.1) is 11.2 Å². The third-order valence-corrected chi connectivity index (χ3v) is 3.47. The molecule has 8 heteroatoms. The number of urea groups is 1. The van der Waals surface area contributed by atoms with E-state index in [0.717, 1.165) is 17.0 Å². The molecule has 0 radical (unpaired) electrons. The number of anilines is 1. The zero-order valence-corrected chi connectivity index (χ0v) is 14.5. The maximum absolute atomic E-state index is 12.0. The number of aromatic nitrogens is 4. The Hall–Kier alpha value is -2.38. The molecule has 0 aliphatic heterocycles. The second-order valence-corrected chi connectivity index (χ2v) is 6.69. The normalized spacial score (nSPS) is 13.0. The minimum absolute atomic E-state index is 0.0727. The van der Waals surface area contributed by atoms with Gasteiger partial charge in [-0.3, -0.25) is 5.32 Å². The number of aryl methyl sites for hydroxylation is 2. The van der Waals surface area contributed by atoms with Crippen LogP contribution in [0.5, 0.6) is 0 Å². The maximum Gasteiger partial charge on any atom is 0.321 e. The SMILES string of the molecule is Cc1noc(C)c1CC(C)NC(=O)Nc1ncn(C(C)(C)C)n1. The van der Waals surface area contributed by atoms with Crippen molar-refractivity contribution in [1.82, 2.24) is 25.2 Å². The first-order valence-electron chi connectivity index (χ1n) is 7.58. The molecule has 8 nitrogen and oxygen atoms in total. The van der Waals surface area contributed by atoms with Gasteiger partial charge in [-0.15, -0.1) is 5.10 Å². The van der Waals surface area contributed by atoms with Crippen LogP contribution in [-0.4, -0.2) is 32.0 Å². The molecule has 0 spiro atoms. The van der Waals surface area contributed by atoms with Crippen molar-refractivity contribution in [2.24, 2.45) is 0 Å². The lowest BCUT2D eigenvalue weighted by molar-refractivity contribution is 0.249. The Morgan fingerprint density at radius 3 is 2.61 bits per heavy atom. The molecule has 0 saturated carbocycles. The fourth-order valence-corrected chi connectivity index (χ4v) is 2.16. The van der Waals surface area contributed by atoms with E-state index in [2.05, 4.69) is 25.9 Å². The summed E-state index contributed by atoms with van der Waals surface area (Å²) in [6, 6.07) is -0.410. The number of amides is 2. The van der Waals surface area contributed by atoms with Crippen LogP contribution in [0.2, 0.25) is 0 Å². The second kappa shape index (κ2) is 6.39. The number of hydrogen-bond acceptors (Lipinski definition) is 5. The smallest absolute Gasteiger partial charge is 0.321 e. The molecule has 2 aromatic heterocycles. The molecule has 0 aliphatic rings. The van der Waals surface area contributed by atoms with E-state index in [-0.39, 0.29) is 23.6 Å². The van der Waals surface area contributed by atoms with Crippen molar-refractivity contribution in [2.45, 2.75) is 59.5 Å². The van der Waals surface area contributed by atoms with Crippen LogP contribution < -0.4 is 10.6 Å². The summed E-state index contributed by atoms with van der Waals surface area (Å²) in [5.41, 5.74) is 1.69. The molecule has 0 saturated heterocycles. The van der Waals surface area contributed by atoms with Gasteiger partial charge in [-0.2, -0.15) is 0 Å². The van der Waals surface area contributed by atoms with Gasteiger partial charge in [0, 0.05) is 11.6 Å². The molecule has 2 rings (SSSR count). The van der Waals surface area contributed by atoms with Crippen molar-refractivity contribution < 1.29 is 9.32 Å². The van der Waals surface area contributed by atoms with Crippen molar-refractivity contribution >= 4 is 12.0 Å². The van der Waals surface area contributed by atoms with Gasteiger partial charge >= 0.3 is 6.03 Å². The molecule has 1 atom stereocenters. The fraction of sp³-hybridized carbons (Fsp3) is 0.600. The van der Waals surface area contributed by atoms with Crippen molar-refractivity contribution in [3.63, 3.8) is 0 Å². The number of hydrogen-bond donors (Lipinski definition) is 2. The first-order valence-corrected chi connectivity index (χ1v) is 7.58. The Balaban J connectivity index is 1.90. The van der Waals surface area contributed by atoms with Crippen molar-refractivity contribution in [3.05, 3.63) is 23.3 Å². The highest BCUT2D eigenvalue weighted by molar-refractivity contribution is 5.87. The number of rotatable bonds is 4. The Bertz CT molecular complexity index is 663. The van der Waals surface area contributed by atoms with Gasteiger partial charge in [0.25, 0.3) is 0 Å². The molecule has 0 aliphatic carbocycles. The lowest BCUT2D eigenvalue weighted by Crippen LogP contribution is -2.37. The molecule has 0 aromatic carbocycles. The Morgan fingerprint density at radius 2 is 2.09 bits per heavy atom. The quantitative estimate of drug-likeness (QED) is 0.901. The third-order valence-electron chi connectivity index (χ3n) is 3.47. The monoisotopic (exact) mass is 320 g/mol. The maximum atomic E-state index is 12.0. The molecule has 2 N–H and O–H groups in total. The van der Waals surface area contributed by atoms with E-state index in [1.54, 1.807) is 11.0 Å². The van der Waals surface area contributed by atoms with E-state index in [0.29, 0.717) is 6.42 Å². The van der Waals surface area contributed by atoms with E-state index < -0.39 is 0 Å². The summed E-state index contributed by atoms with van der Waals surface area (Å²) in [6.07, 6.45) is 2.25. The number of carbonyl (C=O) groups excluding carboxylic acids is 1. The molecule has 0 bridgehead atoms. The minimum Gasteiger partial charge on any atom is -0.361 e. The van der Waals surface area contributed by atoms with Crippen LogP contribution in [-0.2, 0) is 12.0 Å². The number of nitrogens with one attached hydrogen (secondary N) is 2. The summed E-state index contributed by atoms with van der Waals surface area (Å²) in [4.78, 5) is 16.1. The molecule has 23 heavy (non-hydrogen) atoms. The molecule has 1 unspecified atom stereocenters. The van der Waals surface area contributed by atoms with Crippen LogP contribution in [0, 0.1) is 13.8 Å². The van der Waals surface area contributed by atoms with Crippen LogP contribution in [0.3, 0.4) is 0 Å².